The van der Waals surface area contributed by atoms with Gasteiger partial charge in [0.05, 0.1) is 17.1 Å². The number of imidazole rings is 1. The summed E-state index contributed by atoms with van der Waals surface area (Å²) in [5.41, 5.74) is 3.04. The minimum absolute atomic E-state index is 0.0919. The molecule has 4 heteroatoms. The minimum atomic E-state index is 0.0919. The molecule has 0 aliphatic carbocycles. The molecule has 0 saturated carbocycles. The van der Waals surface area contributed by atoms with E-state index in [9.17, 15) is 0 Å². The maximum absolute atomic E-state index is 6.19. The third kappa shape index (κ3) is 2.42. The van der Waals surface area contributed by atoms with Crippen LogP contribution in [0.3, 0.4) is 0 Å². The second-order valence-corrected chi connectivity index (χ2v) is 4.90. The molecule has 19 heavy (non-hydrogen) atoms. The molecule has 0 bridgehead atoms. The summed E-state index contributed by atoms with van der Waals surface area (Å²) in [6, 6.07) is 15.9. The number of nitrogens with one attached hydrogen (secondary N) is 2. The minimum Gasteiger partial charge on any atom is -0.349 e. The molecule has 2 aromatic carbocycles. The van der Waals surface area contributed by atoms with Crippen molar-refractivity contribution in [3.63, 3.8) is 0 Å². The van der Waals surface area contributed by atoms with Crippen molar-refractivity contribution >= 4 is 28.6 Å². The van der Waals surface area contributed by atoms with Crippen LogP contribution in [0.2, 0.25) is 5.02 Å². The van der Waals surface area contributed by atoms with E-state index in [1.807, 2.05) is 48.5 Å². The lowest BCUT2D eigenvalue weighted by Gasteiger charge is -2.14. The van der Waals surface area contributed by atoms with Crippen molar-refractivity contribution in [1.29, 1.82) is 0 Å². The number of hydrogen-bond donors (Lipinski definition) is 2. The van der Waals surface area contributed by atoms with Gasteiger partial charge in [-0.1, -0.05) is 41.9 Å². The zero-order chi connectivity index (χ0) is 13.2. The molecule has 0 aliphatic rings. The van der Waals surface area contributed by atoms with E-state index in [2.05, 4.69) is 22.2 Å². The molecule has 3 aromatic rings. The molecular formula is C15H14ClN3. The van der Waals surface area contributed by atoms with Gasteiger partial charge in [0.1, 0.15) is 0 Å². The average Bonchev–Trinajstić information content (AvgIpc) is 2.81. The Kier molecular flexibility index (Phi) is 3.13. The van der Waals surface area contributed by atoms with Gasteiger partial charge in [-0.05, 0) is 30.7 Å². The van der Waals surface area contributed by atoms with E-state index in [4.69, 9.17) is 11.6 Å². The second-order valence-electron chi connectivity index (χ2n) is 4.49. The van der Waals surface area contributed by atoms with Crippen LogP contribution in [0.1, 0.15) is 18.5 Å². The van der Waals surface area contributed by atoms with Crippen LogP contribution in [0.25, 0.3) is 11.0 Å². The van der Waals surface area contributed by atoms with Crippen molar-refractivity contribution in [2.45, 2.75) is 13.0 Å². The zero-order valence-electron chi connectivity index (χ0n) is 10.5. The number of anilines is 1. The van der Waals surface area contributed by atoms with Gasteiger partial charge >= 0.3 is 0 Å². The lowest BCUT2D eigenvalue weighted by Crippen LogP contribution is -2.08. The van der Waals surface area contributed by atoms with Crippen molar-refractivity contribution in [1.82, 2.24) is 9.97 Å². The highest BCUT2D eigenvalue weighted by molar-refractivity contribution is 6.31. The molecule has 0 saturated heterocycles. The Bertz CT molecular complexity index is 672. The van der Waals surface area contributed by atoms with E-state index in [0.29, 0.717) is 0 Å². The van der Waals surface area contributed by atoms with Gasteiger partial charge in [0.15, 0.2) is 0 Å². The predicted octanol–water partition coefficient (Wildman–Crippen LogP) is 4.39. The first kappa shape index (κ1) is 12.1. The highest BCUT2D eigenvalue weighted by Crippen LogP contribution is 2.25. The summed E-state index contributed by atoms with van der Waals surface area (Å²) in [6.45, 7) is 2.06. The summed E-state index contributed by atoms with van der Waals surface area (Å²) in [4.78, 5) is 7.75. The topological polar surface area (TPSA) is 40.7 Å². The first-order valence-electron chi connectivity index (χ1n) is 6.20. The van der Waals surface area contributed by atoms with Gasteiger partial charge in [-0.15, -0.1) is 0 Å². The van der Waals surface area contributed by atoms with Crippen molar-refractivity contribution in [2.75, 3.05) is 5.32 Å². The highest BCUT2D eigenvalue weighted by atomic mass is 35.5. The number of aromatic nitrogens is 2. The van der Waals surface area contributed by atoms with E-state index in [-0.39, 0.29) is 6.04 Å². The van der Waals surface area contributed by atoms with Gasteiger partial charge in [-0.2, -0.15) is 0 Å². The number of nitrogens with zero attached hydrogens (tertiary/aromatic N) is 1. The number of rotatable bonds is 3. The SMILES string of the molecule is CC(Nc1nc2ccccc2[nH]1)c1ccccc1Cl. The van der Waals surface area contributed by atoms with Crippen LogP contribution in [0.5, 0.6) is 0 Å². The smallest absolute Gasteiger partial charge is 0.201 e. The lowest BCUT2D eigenvalue weighted by molar-refractivity contribution is 0.869. The standard InChI is InChI=1S/C15H14ClN3/c1-10(11-6-2-3-7-12(11)16)17-15-18-13-8-4-5-9-14(13)19-15/h2-10H,1H3,(H2,17,18,19). The van der Waals surface area contributed by atoms with Crippen LogP contribution in [0.4, 0.5) is 5.95 Å². The lowest BCUT2D eigenvalue weighted by atomic mass is 10.1. The highest BCUT2D eigenvalue weighted by Gasteiger charge is 2.10. The molecule has 3 rings (SSSR count). The number of hydrogen-bond acceptors (Lipinski definition) is 2. The molecule has 0 radical (unpaired) electrons. The Morgan fingerprint density at radius 2 is 1.84 bits per heavy atom. The molecule has 0 aliphatic heterocycles. The quantitative estimate of drug-likeness (QED) is 0.742. The number of halogens is 1. The van der Waals surface area contributed by atoms with Gasteiger partial charge in [0, 0.05) is 5.02 Å². The van der Waals surface area contributed by atoms with Crippen LogP contribution in [-0.2, 0) is 0 Å². The van der Waals surface area contributed by atoms with E-state index >= 15 is 0 Å². The van der Waals surface area contributed by atoms with E-state index < -0.39 is 0 Å². The number of para-hydroxylation sites is 2. The third-order valence-electron chi connectivity index (χ3n) is 3.11. The Balaban J connectivity index is 1.86. The van der Waals surface area contributed by atoms with E-state index in [0.717, 1.165) is 27.6 Å². The Morgan fingerprint density at radius 3 is 2.63 bits per heavy atom. The fraction of sp³-hybridized carbons (Fsp3) is 0.133. The van der Waals surface area contributed by atoms with Crippen molar-refractivity contribution in [2.24, 2.45) is 0 Å². The van der Waals surface area contributed by atoms with Crippen LogP contribution >= 0.6 is 11.6 Å². The largest absolute Gasteiger partial charge is 0.349 e. The molecular weight excluding hydrogens is 258 g/mol. The maximum atomic E-state index is 6.19. The molecule has 1 heterocycles. The van der Waals surface area contributed by atoms with Gasteiger partial charge in [-0.25, -0.2) is 4.98 Å². The van der Waals surface area contributed by atoms with Crippen LogP contribution in [-0.4, -0.2) is 9.97 Å². The Morgan fingerprint density at radius 1 is 1.11 bits per heavy atom. The molecule has 0 amide bonds. The fourth-order valence-corrected chi connectivity index (χ4v) is 2.43. The second kappa shape index (κ2) is 4.94. The molecule has 2 N–H and O–H groups in total. The number of H-pyrrole nitrogens is 1. The van der Waals surface area contributed by atoms with Crippen LogP contribution in [0.15, 0.2) is 48.5 Å². The van der Waals surface area contributed by atoms with Crippen molar-refractivity contribution < 1.29 is 0 Å². The molecule has 1 unspecified atom stereocenters. The molecule has 1 aromatic heterocycles. The molecule has 1 atom stereocenters. The summed E-state index contributed by atoms with van der Waals surface area (Å²) in [5.74, 6) is 0.758. The maximum Gasteiger partial charge on any atom is 0.201 e. The molecule has 3 nitrogen and oxygen atoms in total. The summed E-state index contributed by atoms with van der Waals surface area (Å²) >= 11 is 6.19. The summed E-state index contributed by atoms with van der Waals surface area (Å²) in [5, 5.41) is 4.10. The van der Waals surface area contributed by atoms with Gasteiger partial charge in [0.25, 0.3) is 0 Å². The van der Waals surface area contributed by atoms with Crippen LogP contribution in [0, 0.1) is 0 Å². The Hall–Kier alpha value is -2.00. The van der Waals surface area contributed by atoms with Gasteiger partial charge < -0.3 is 10.3 Å². The van der Waals surface area contributed by atoms with Crippen molar-refractivity contribution in [3.05, 3.63) is 59.1 Å². The normalized spacial score (nSPS) is 12.5. The third-order valence-corrected chi connectivity index (χ3v) is 3.46. The predicted molar refractivity (Wildman–Crippen MR) is 79.6 cm³/mol. The first-order valence-corrected chi connectivity index (χ1v) is 6.57. The average molecular weight is 272 g/mol. The summed E-state index contributed by atoms with van der Waals surface area (Å²) in [6.07, 6.45) is 0. The van der Waals surface area contributed by atoms with E-state index in [1.165, 1.54) is 0 Å². The number of aromatic amines is 1. The van der Waals surface area contributed by atoms with Gasteiger partial charge in [0.2, 0.25) is 5.95 Å². The fourth-order valence-electron chi connectivity index (χ4n) is 2.13. The Labute approximate surface area is 116 Å². The molecule has 96 valence electrons. The number of benzene rings is 2. The number of fused-ring (bicyclic) bond motifs is 1. The molecule has 0 spiro atoms. The van der Waals surface area contributed by atoms with Crippen LogP contribution < -0.4 is 5.32 Å². The molecule has 0 fully saturated rings. The monoisotopic (exact) mass is 271 g/mol. The van der Waals surface area contributed by atoms with Gasteiger partial charge in [-0.3, -0.25) is 0 Å². The first-order chi connectivity index (χ1) is 9.24. The zero-order valence-corrected chi connectivity index (χ0v) is 11.3. The summed E-state index contributed by atoms with van der Waals surface area (Å²) < 4.78 is 0. The summed E-state index contributed by atoms with van der Waals surface area (Å²) in [7, 11) is 0. The van der Waals surface area contributed by atoms with Crippen molar-refractivity contribution in [3.8, 4) is 0 Å². The van der Waals surface area contributed by atoms with E-state index in [1.54, 1.807) is 0 Å².